The molecule has 0 fully saturated rings. The summed E-state index contributed by atoms with van der Waals surface area (Å²) in [5.41, 5.74) is 2.28. The molecule has 2 heterocycles. The van der Waals surface area contributed by atoms with E-state index in [2.05, 4.69) is 45.3 Å². The van der Waals surface area contributed by atoms with Crippen LogP contribution in [0.4, 0.5) is 0 Å². The first-order valence-corrected chi connectivity index (χ1v) is 7.37. The van der Waals surface area contributed by atoms with Gasteiger partial charge in [-0.2, -0.15) is 0 Å². The fraction of sp³-hybridized carbons (Fsp3) is 0.400. The molecule has 1 N–H and O–H groups in total. The van der Waals surface area contributed by atoms with Crippen molar-refractivity contribution in [3.63, 3.8) is 0 Å². The van der Waals surface area contributed by atoms with Gasteiger partial charge in [-0.3, -0.25) is 4.68 Å². The van der Waals surface area contributed by atoms with Gasteiger partial charge in [0.15, 0.2) is 0 Å². The molecule has 2 aromatic heterocycles. The van der Waals surface area contributed by atoms with Crippen LogP contribution in [-0.4, -0.2) is 31.1 Å². The SMILES string of the molecule is CCCn1c(CNCCn2ccnn2)nc2ccccc21. The van der Waals surface area contributed by atoms with E-state index in [-0.39, 0.29) is 0 Å². The van der Waals surface area contributed by atoms with Crippen molar-refractivity contribution in [2.75, 3.05) is 6.54 Å². The van der Waals surface area contributed by atoms with Crippen LogP contribution in [0.3, 0.4) is 0 Å². The molecule has 0 unspecified atom stereocenters. The number of nitrogens with zero attached hydrogens (tertiary/aromatic N) is 5. The third-order valence-electron chi connectivity index (χ3n) is 3.45. The lowest BCUT2D eigenvalue weighted by molar-refractivity contribution is 0.524. The molecule has 0 aliphatic heterocycles. The van der Waals surface area contributed by atoms with Crippen LogP contribution in [0, 0.1) is 0 Å². The average molecular weight is 284 g/mol. The summed E-state index contributed by atoms with van der Waals surface area (Å²) in [5, 5.41) is 11.2. The van der Waals surface area contributed by atoms with Gasteiger partial charge in [-0.25, -0.2) is 4.98 Å². The Bertz CT molecular complexity index is 685. The van der Waals surface area contributed by atoms with E-state index in [9.17, 15) is 0 Å². The average Bonchev–Trinajstić information content (AvgIpc) is 3.13. The Hall–Kier alpha value is -2.21. The minimum absolute atomic E-state index is 0.767. The lowest BCUT2D eigenvalue weighted by Gasteiger charge is -2.08. The van der Waals surface area contributed by atoms with Crippen molar-refractivity contribution in [3.8, 4) is 0 Å². The second-order valence-corrected chi connectivity index (χ2v) is 5.01. The molecule has 3 rings (SSSR count). The van der Waals surface area contributed by atoms with E-state index in [1.54, 1.807) is 6.20 Å². The number of imidazole rings is 1. The zero-order chi connectivity index (χ0) is 14.5. The van der Waals surface area contributed by atoms with Gasteiger partial charge in [0, 0.05) is 19.3 Å². The number of aryl methyl sites for hydroxylation is 1. The first-order chi connectivity index (χ1) is 10.4. The van der Waals surface area contributed by atoms with Crippen LogP contribution >= 0.6 is 0 Å². The number of para-hydroxylation sites is 2. The van der Waals surface area contributed by atoms with Crippen LogP contribution < -0.4 is 5.32 Å². The highest BCUT2D eigenvalue weighted by molar-refractivity contribution is 5.75. The monoisotopic (exact) mass is 284 g/mol. The molecule has 0 saturated carbocycles. The van der Waals surface area contributed by atoms with Gasteiger partial charge in [0.2, 0.25) is 0 Å². The summed E-state index contributed by atoms with van der Waals surface area (Å²) in [6.07, 6.45) is 4.67. The van der Waals surface area contributed by atoms with Gasteiger partial charge in [-0.05, 0) is 18.6 Å². The third kappa shape index (κ3) is 3.11. The first-order valence-electron chi connectivity index (χ1n) is 7.37. The topological polar surface area (TPSA) is 60.6 Å². The van der Waals surface area contributed by atoms with E-state index in [0.29, 0.717) is 0 Å². The van der Waals surface area contributed by atoms with E-state index in [1.165, 1.54) is 5.52 Å². The summed E-state index contributed by atoms with van der Waals surface area (Å²) in [6.45, 7) is 5.62. The molecular formula is C15H20N6. The second kappa shape index (κ2) is 6.49. The number of rotatable bonds is 7. The molecule has 0 saturated heterocycles. The summed E-state index contributed by atoms with van der Waals surface area (Å²) >= 11 is 0. The summed E-state index contributed by atoms with van der Waals surface area (Å²) in [5.74, 6) is 1.09. The molecule has 0 atom stereocenters. The Morgan fingerprint density at radius 3 is 2.90 bits per heavy atom. The molecule has 0 amide bonds. The van der Waals surface area contributed by atoms with Crippen LogP contribution in [0.5, 0.6) is 0 Å². The lowest BCUT2D eigenvalue weighted by Crippen LogP contribution is -2.22. The van der Waals surface area contributed by atoms with Crippen molar-refractivity contribution >= 4 is 11.0 Å². The third-order valence-corrected chi connectivity index (χ3v) is 3.45. The molecule has 0 spiro atoms. The summed E-state index contributed by atoms with van der Waals surface area (Å²) in [6, 6.07) is 8.31. The number of hydrogen-bond donors (Lipinski definition) is 1. The highest BCUT2D eigenvalue weighted by Gasteiger charge is 2.08. The maximum absolute atomic E-state index is 4.73. The van der Waals surface area contributed by atoms with Crippen molar-refractivity contribution in [1.82, 2.24) is 29.9 Å². The number of fused-ring (bicyclic) bond motifs is 1. The highest BCUT2D eigenvalue weighted by atomic mass is 15.4. The molecule has 6 nitrogen and oxygen atoms in total. The minimum atomic E-state index is 0.767. The number of nitrogens with one attached hydrogen (secondary N) is 1. The van der Waals surface area contributed by atoms with E-state index in [4.69, 9.17) is 4.98 Å². The Labute approximate surface area is 123 Å². The summed E-state index contributed by atoms with van der Waals surface area (Å²) < 4.78 is 4.12. The normalized spacial score (nSPS) is 11.3. The van der Waals surface area contributed by atoms with Gasteiger partial charge in [-0.1, -0.05) is 24.3 Å². The maximum atomic E-state index is 4.73. The number of benzene rings is 1. The standard InChI is InChI=1S/C15H20N6/c1-2-9-21-14-6-4-3-5-13(14)18-15(21)12-16-7-10-20-11-8-17-19-20/h3-6,8,11,16H,2,7,9-10,12H2,1H3. The van der Waals surface area contributed by atoms with Crippen molar-refractivity contribution in [2.24, 2.45) is 0 Å². The van der Waals surface area contributed by atoms with E-state index >= 15 is 0 Å². The van der Waals surface area contributed by atoms with E-state index < -0.39 is 0 Å². The Morgan fingerprint density at radius 1 is 1.19 bits per heavy atom. The van der Waals surface area contributed by atoms with Gasteiger partial charge in [0.1, 0.15) is 5.82 Å². The molecule has 0 aliphatic rings. The largest absolute Gasteiger partial charge is 0.327 e. The minimum Gasteiger partial charge on any atom is -0.327 e. The van der Waals surface area contributed by atoms with E-state index in [0.717, 1.165) is 43.9 Å². The molecule has 110 valence electrons. The number of hydrogen-bond acceptors (Lipinski definition) is 4. The highest BCUT2D eigenvalue weighted by Crippen LogP contribution is 2.16. The predicted octanol–water partition coefficient (Wildman–Crippen LogP) is 1.83. The Kier molecular flexibility index (Phi) is 4.25. The first kappa shape index (κ1) is 13.8. The van der Waals surface area contributed by atoms with Crippen LogP contribution in [0.25, 0.3) is 11.0 Å². The molecule has 0 bridgehead atoms. The zero-order valence-corrected chi connectivity index (χ0v) is 12.2. The van der Waals surface area contributed by atoms with Crippen molar-refractivity contribution < 1.29 is 0 Å². The van der Waals surface area contributed by atoms with Gasteiger partial charge in [-0.15, -0.1) is 5.10 Å². The van der Waals surface area contributed by atoms with Gasteiger partial charge < -0.3 is 9.88 Å². The zero-order valence-electron chi connectivity index (χ0n) is 12.2. The van der Waals surface area contributed by atoms with Crippen LogP contribution in [0.15, 0.2) is 36.7 Å². The second-order valence-electron chi connectivity index (χ2n) is 5.01. The smallest absolute Gasteiger partial charge is 0.123 e. The summed E-state index contributed by atoms with van der Waals surface area (Å²) in [4.78, 5) is 4.73. The molecule has 0 radical (unpaired) electrons. The van der Waals surface area contributed by atoms with Crippen molar-refractivity contribution in [1.29, 1.82) is 0 Å². The van der Waals surface area contributed by atoms with Crippen LogP contribution in [-0.2, 0) is 19.6 Å². The molecule has 21 heavy (non-hydrogen) atoms. The fourth-order valence-electron chi connectivity index (χ4n) is 2.48. The molecule has 6 heteroatoms. The Balaban J connectivity index is 1.66. The fourth-order valence-corrected chi connectivity index (χ4v) is 2.48. The van der Waals surface area contributed by atoms with Gasteiger partial charge >= 0.3 is 0 Å². The van der Waals surface area contributed by atoms with Gasteiger partial charge in [0.25, 0.3) is 0 Å². The molecule has 1 aromatic carbocycles. The van der Waals surface area contributed by atoms with Gasteiger partial charge in [0.05, 0.1) is 30.3 Å². The molecular weight excluding hydrogens is 264 g/mol. The summed E-state index contributed by atoms with van der Waals surface area (Å²) in [7, 11) is 0. The quantitative estimate of drug-likeness (QED) is 0.672. The Morgan fingerprint density at radius 2 is 2.10 bits per heavy atom. The van der Waals surface area contributed by atoms with E-state index in [1.807, 2.05) is 16.9 Å². The van der Waals surface area contributed by atoms with Crippen molar-refractivity contribution in [2.45, 2.75) is 33.0 Å². The van der Waals surface area contributed by atoms with Crippen LogP contribution in [0.2, 0.25) is 0 Å². The predicted molar refractivity (Wildman–Crippen MR) is 81.8 cm³/mol. The lowest BCUT2D eigenvalue weighted by atomic mass is 10.3. The molecule has 0 aliphatic carbocycles. The van der Waals surface area contributed by atoms with Crippen LogP contribution in [0.1, 0.15) is 19.2 Å². The maximum Gasteiger partial charge on any atom is 0.123 e. The molecule has 3 aromatic rings. The number of aromatic nitrogens is 5. The van der Waals surface area contributed by atoms with Crippen molar-refractivity contribution in [3.05, 3.63) is 42.5 Å².